The molecule has 3 rings (SSSR count). The minimum Gasteiger partial charge on any atom is -0.305 e. The summed E-state index contributed by atoms with van der Waals surface area (Å²) in [6.07, 6.45) is 2.19. The van der Waals surface area contributed by atoms with Crippen LogP contribution < -0.4 is 5.69 Å². The Morgan fingerprint density at radius 3 is 3.06 bits per heavy atom. The first-order valence-electron chi connectivity index (χ1n) is 6.23. The van der Waals surface area contributed by atoms with Gasteiger partial charge in [0.05, 0.1) is 17.1 Å². The highest BCUT2D eigenvalue weighted by Gasteiger charge is 2.22. The molecule has 1 atom stereocenters. The number of imidazole rings is 1. The Morgan fingerprint density at radius 2 is 2.28 bits per heavy atom. The standard InChI is InChI=1S/C13H16ClN3O/c1-16-6-2-3-10(8-16)17-12-5-4-9(14)7-11(12)15-13(17)18/h4-5,7,10H,2-3,6,8H2,1H3,(H,15,18). The third-order valence-electron chi connectivity index (χ3n) is 3.64. The number of H-pyrrole nitrogens is 1. The monoisotopic (exact) mass is 265 g/mol. The Balaban J connectivity index is 2.10. The number of hydrogen-bond acceptors (Lipinski definition) is 2. The van der Waals surface area contributed by atoms with Gasteiger partial charge >= 0.3 is 5.69 Å². The molecule has 96 valence electrons. The SMILES string of the molecule is CN1CCCC(n2c(=O)[nH]c3cc(Cl)ccc32)C1. The summed E-state index contributed by atoms with van der Waals surface area (Å²) in [6.45, 7) is 2.04. The van der Waals surface area contributed by atoms with E-state index in [0.29, 0.717) is 5.02 Å². The van der Waals surface area contributed by atoms with Crippen molar-refractivity contribution in [3.8, 4) is 0 Å². The van der Waals surface area contributed by atoms with Crippen LogP contribution in [-0.4, -0.2) is 34.6 Å². The lowest BCUT2D eigenvalue weighted by Crippen LogP contribution is -2.36. The third-order valence-corrected chi connectivity index (χ3v) is 3.88. The molecule has 0 bridgehead atoms. The molecule has 1 aliphatic rings. The van der Waals surface area contributed by atoms with Gasteiger partial charge in [0.15, 0.2) is 0 Å². The number of likely N-dealkylation sites (tertiary alicyclic amines) is 1. The first-order valence-corrected chi connectivity index (χ1v) is 6.61. The van der Waals surface area contributed by atoms with E-state index in [1.807, 2.05) is 16.7 Å². The number of nitrogens with one attached hydrogen (secondary N) is 1. The van der Waals surface area contributed by atoms with E-state index in [2.05, 4.69) is 16.9 Å². The smallest absolute Gasteiger partial charge is 0.305 e. The number of benzene rings is 1. The highest BCUT2D eigenvalue weighted by atomic mass is 35.5. The number of aromatic nitrogens is 2. The normalized spacial score (nSPS) is 21.6. The molecular formula is C13H16ClN3O. The van der Waals surface area contributed by atoms with Crippen LogP contribution in [0.1, 0.15) is 18.9 Å². The second kappa shape index (κ2) is 4.44. The van der Waals surface area contributed by atoms with Gasteiger partial charge in [0.25, 0.3) is 0 Å². The summed E-state index contributed by atoms with van der Waals surface area (Å²) in [6, 6.07) is 5.82. The number of nitrogens with zero attached hydrogens (tertiary/aromatic N) is 2. The first kappa shape index (κ1) is 11.8. The maximum Gasteiger partial charge on any atom is 0.326 e. The van der Waals surface area contributed by atoms with Gasteiger partial charge < -0.3 is 9.88 Å². The fraction of sp³-hybridized carbons (Fsp3) is 0.462. The van der Waals surface area contributed by atoms with E-state index in [9.17, 15) is 4.79 Å². The summed E-state index contributed by atoms with van der Waals surface area (Å²) >= 11 is 5.95. The Labute approximate surface area is 110 Å². The van der Waals surface area contributed by atoms with E-state index < -0.39 is 0 Å². The van der Waals surface area contributed by atoms with Crippen LogP contribution in [0.2, 0.25) is 5.02 Å². The topological polar surface area (TPSA) is 41.0 Å². The number of halogens is 1. The van der Waals surface area contributed by atoms with Crippen LogP contribution in [0.5, 0.6) is 0 Å². The number of fused-ring (bicyclic) bond motifs is 1. The maximum absolute atomic E-state index is 12.1. The van der Waals surface area contributed by atoms with E-state index in [0.717, 1.165) is 37.0 Å². The maximum atomic E-state index is 12.1. The molecule has 5 heteroatoms. The zero-order chi connectivity index (χ0) is 12.7. The van der Waals surface area contributed by atoms with Gasteiger partial charge in [-0.05, 0) is 44.6 Å². The van der Waals surface area contributed by atoms with Gasteiger partial charge in [0, 0.05) is 11.6 Å². The van der Waals surface area contributed by atoms with Crippen molar-refractivity contribution in [1.29, 1.82) is 0 Å². The van der Waals surface area contributed by atoms with Crippen LogP contribution >= 0.6 is 11.6 Å². The zero-order valence-electron chi connectivity index (χ0n) is 10.3. The van der Waals surface area contributed by atoms with Crippen molar-refractivity contribution < 1.29 is 0 Å². The van der Waals surface area contributed by atoms with E-state index in [-0.39, 0.29) is 11.7 Å². The molecule has 0 saturated carbocycles. The van der Waals surface area contributed by atoms with Crippen LogP contribution in [0, 0.1) is 0 Å². The lowest BCUT2D eigenvalue weighted by Gasteiger charge is -2.30. The molecule has 2 aromatic rings. The van der Waals surface area contributed by atoms with Gasteiger partial charge in [-0.1, -0.05) is 11.6 Å². The predicted octanol–water partition coefficient (Wildman–Crippen LogP) is 2.25. The largest absolute Gasteiger partial charge is 0.326 e. The summed E-state index contributed by atoms with van der Waals surface area (Å²) in [4.78, 5) is 17.3. The summed E-state index contributed by atoms with van der Waals surface area (Å²) in [5, 5.41) is 0.650. The van der Waals surface area contributed by atoms with Crippen molar-refractivity contribution in [3.05, 3.63) is 33.7 Å². The highest BCUT2D eigenvalue weighted by molar-refractivity contribution is 6.31. The number of piperidine rings is 1. The Morgan fingerprint density at radius 1 is 1.44 bits per heavy atom. The molecule has 2 heterocycles. The van der Waals surface area contributed by atoms with Crippen molar-refractivity contribution >= 4 is 22.6 Å². The molecular weight excluding hydrogens is 250 g/mol. The van der Waals surface area contributed by atoms with Crippen LogP contribution in [0.25, 0.3) is 11.0 Å². The van der Waals surface area contributed by atoms with E-state index >= 15 is 0 Å². The predicted molar refractivity (Wildman–Crippen MR) is 73.3 cm³/mol. The second-order valence-corrected chi connectivity index (χ2v) is 5.46. The highest BCUT2D eigenvalue weighted by Crippen LogP contribution is 2.24. The van der Waals surface area contributed by atoms with Crippen molar-refractivity contribution in [2.75, 3.05) is 20.1 Å². The minimum atomic E-state index is -0.0347. The zero-order valence-corrected chi connectivity index (χ0v) is 11.1. The summed E-state index contributed by atoms with van der Waals surface area (Å²) in [5.41, 5.74) is 1.73. The van der Waals surface area contributed by atoms with Gasteiger partial charge in [-0.3, -0.25) is 4.57 Å². The van der Waals surface area contributed by atoms with Gasteiger partial charge in [-0.15, -0.1) is 0 Å². The molecule has 1 aromatic heterocycles. The first-order chi connectivity index (χ1) is 8.65. The molecule has 0 amide bonds. The molecule has 4 nitrogen and oxygen atoms in total. The van der Waals surface area contributed by atoms with Crippen molar-refractivity contribution in [1.82, 2.24) is 14.5 Å². The Hall–Kier alpha value is -1.26. The molecule has 0 spiro atoms. The van der Waals surface area contributed by atoms with Gasteiger partial charge in [0.1, 0.15) is 0 Å². The lowest BCUT2D eigenvalue weighted by atomic mass is 10.1. The van der Waals surface area contributed by atoms with Crippen LogP contribution in [-0.2, 0) is 0 Å². The molecule has 1 fully saturated rings. The fourth-order valence-corrected chi connectivity index (χ4v) is 2.99. The average molecular weight is 266 g/mol. The number of likely N-dealkylation sites (N-methyl/N-ethyl adjacent to an activating group) is 1. The second-order valence-electron chi connectivity index (χ2n) is 5.02. The quantitative estimate of drug-likeness (QED) is 0.859. The fourth-order valence-electron chi connectivity index (χ4n) is 2.82. The van der Waals surface area contributed by atoms with E-state index in [1.54, 1.807) is 6.07 Å². The molecule has 1 aromatic carbocycles. The summed E-state index contributed by atoms with van der Waals surface area (Å²) < 4.78 is 1.88. The molecule has 1 aliphatic heterocycles. The van der Waals surface area contributed by atoms with E-state index in [1.165, 1.54) is 0 Å². The Bertz CT molecular complexity index is 631. The number of hydrogen-bond donors (Lipinski definition) is 1. The van der Waals surface area contributed by atoms with E-state index in [4.69, 9.17) is 11.6 Å². The lowest BCUT2D eigenvalue weighted by molar-refractivity contribution is 0.212. The van der Waals surface area contributed by atoms with Crippen LogP contribution in [0.3, 0.4) is 0 Å². The molecule has 1 saturated heterocycles. The third kappa shape index (κ3) is 1.95. The van der Waals surface area contributed by atoms with Gasteiger partial charge in [-0.25, -0.2) is 4.79 Å². The van der Waals surface area contributed by atoms with Crippen LogP contribution in [0.4, 0.5) is 0 Å². The molecule has 0 aliphatic carbocycles. The molecule has 0 radical (unpaired) electrons. The number of aromatic amines is 1. The molecule has 1 N–H and O–H groups in total. The molecule has 18 heavy (non-hydrogen) atoms. The summed E-state index contributed by atoms with van der Waals surface area (Å²) in [5.74, 6) is 0. The van der Waals surface area contributed by atoms with Gasteiger partial charge in [-0.2, -0.15) is 0 Å². The Kier molecular flexibility index (Phi) is 2.92. The number of rotatable bonds is 1. The average Bonchev–Trinajstić information content (AvgIpc) is 2.64. The van der Waals surface area contributed by atoms with Crippen molar-refractivity contribution in [2.45, 2.75) is 18.9 Å². The minimum absolute atomic E-state index is 0.0347. The summed E-state index contributed by atoms with van der Waals surface area (Å²) in [7, 11) is 2.10. The van der Waals surface area contributed by atoms with Crippen molar-refractivity contribution in [2.24, 2.45) is 0 Å². The molecule has 1 unspecified atom stereocenters. The van der Waals surface area contributed by atoms with Crippen LogP contribution in [0.15, 0.2) is 23.0 Å². The van der Waals surface area contributed by atoms with Crippen molar-refractivity contribution in [3.63, 3.8) is 0 Å². The van der Waals surface area contributed by atoms with Gasteiger partial charge in [0.2, 0.25) is 0 Å².